The largest absolute Gasteiger partial charge is 0.516 e. The zero-order valence-electron chi connectivity index (χ0n) is 6.33. The highest BCUT2D eigenvalue weighted by molar-refractivity contribution is 6.06. The van der Waals surface area contributed by atoms with E-state index in [2.05, 4.69) is 0 Å². The van der Waals surface area contributed by atoms with Gasteiger partial charge in [-0.1, -0.05) is 0 Å². The Morgan fingerprint density at radius 3 is 2.18 bits per heavy atom. The number of carbonyl (C=O) groups excluding carboxylic acids is 2. The molecule has 1 fully saturated rings. The first kappa shape index (κ1) is 7.98. The van der Waals surface area contributed by atoms with Crippen molar-refractivity contribution in [1.29, 1.82) is 0 Å². The number of aliphatic hydroxyl groups is 1. The topological polar surface area (TPSA) is 54.4 Å². The van der Waals surface area contributed by atoms with E-state index >= 15 is 0 Å². The number of rotatable bonds is 0. The minimum absolute atomic E-state index is 0.0958. The molecule has 0 saturated heterocycles. The molecule has 3 nitrogen and oxygen atoms in total. The van der Waals surface area contributed by atoms with Crippen LogP contribution in [0, 0.1) is 5.92 Å². The third-order valence-corrected chi connectivity index (χ3v) is 1.95. The minimum atomic E-state index is -0.473. The Hall–Kier alpha value is -1.12. The fourth-order valence-electron chi connectivity index (χ4n) is 1.09. The molecule has 0 aromatic heterocycles. The first-order valence-corrected chi connectivity index (χ1v) is 3.52. The number of aliphatic hydroxyl groups excluding tert-OH is 1. The van der Waals surface area contributed by atoms with Crippen LogP contribution in [0.5, 0.6) is 0 Å². The normalized spacial score (nSPS) is 25.5. The second-order valence-electron chi connectivity index (χ2n) is 2.80. The highest BCUT2D eigenvalue weighted by atomic mass is 16.2. The molecule has 1 saturated carbocycles. The van der Waals surface area contributed by atoms with Gasteiger partial charge in [0.05, 0.1) is 12.2 Å². The molecule has 0 aromatic carbocycles. The van der Waals surface area contributed by atoms with Gasteiger partial charge < -0.3 is 5.11 Å². The average molecular weight is 154 g/mol. The molecule has 0 bridgehead atoms. The third kappa shape index (κ3) is 1.48. The van der Waals surface area contributed by atoms with Gasteiger partial charge in [0.1, 0.15) is 11.6 Å². The molecule has 0 atom stereocenters. The van der Waals surface area contributed by atoms with Crippen LogP contribution in [0.3, 0.4) is 0 Å². The van der Waals surface area contributed by atoms with Crippen LogP contribution in [-0.2, 0) is 9.59 Å². The molecule has 0 amide bonds. The summed E-state index contributed by atoms with van der Waals surface area (Å²) in [6, 6.07) is 0. The zero-order chi connectivity index (χ0) is 8.43. The van der Waals surface area contributed by atoms with Gasteiger partial charge in [-0.15, -0.1) is 0 Å². The molecule has 0 radical (unpaired) electrons. The SMILES string of the molecule is CC1C(=O)CC(=CO)CC1=O. The first-order valence-electron chi connectivity index (χ1n) is 3.52. The molecule has 1 aliphatic rings. The number of allylic oxidation sites excluding steroid dienone is 1. The van der Waals surface area contributed by atoms with Gasteiger partial charge >= 0.3 is 0 Å². The standard InChI is InChI=1S/C8H10O3/c1-5-7(10)2-6(4-9)3-8(5)11/h4-5,9H,2-3H2,1H3. The van der Waals surface area contributed by atoms with Crippen LogP contribution in [0.2, 0.25) is 0 Å². The van der Waals surface area contributed by atoms with Crippen LogP contribution in [0.15, 0.2) is 11.8 Å². The highest BCUT2D eigenvalue weighted by Crippen LogP contribution is 2.21. The van der Waals surface area contributed by atoms with Crippen molar-refractivity contribution in [3.63, 3.8) is 0 Å². The Morgan fingerprint density at radius 1 is 1.36 bits per heavy atom. The quantitative estimate of drug-likeness (QED) is 0.418. The molecule has 3 heteroatoms. The van der Waals surface area contributed by atoms with Crippen LogP contribution in [0.4, 0.5) is 0 Å². The summed E-state index contributed by atoms with van der Waals surface area (Å²) < 4.78 is 0. The van der Waals surface area contributed by atoms with Gasteiger partial charge in [0.15, 0.2) is 0 Å². The van der Waals surface area contributed by atoms with Gasteiger partial charge in [-0.3, -0.25) is 9.59 Å². The molecule has 0 aromatic rings. The van der Waals surface area contributed by atoms with Gasteiger partial charge in [-0.25, -0.2) is 0 Å². The van der Waals surface area contributed by atoms with E-state index in [1.165, 1.54) is 0 Å². The molecular formula is C8H10O3. The summed E-state index contributed by atoms with van der Waals surface area (Å²) in [5, 5.41) is 8.55. The number of hydrogen-bond donors (Lipinski definition) is 1. The fraction of sp³-hybridized carbons (Fsp3) is 0.500. The lowest BCUT2D eigenvalue weighted by Crippen LogP contribution is -2.27. The van der Waals surface area contributed by atoms with E-state index in [1.807, 2.05) is 0 Å². The van der Waals surface area contributed by atoms with Crippen LogP contribution in [-0.4, -0.2) is 16.7 Å². The van der Waals surface area contributed by atoms with Crippen molar-refractivity contribution in [2.45, 2.75) is 19.8 Å². The van der Waals surface area contributed by atoms with E-state index in [0.717, 1.165) is 6.26 Å². The third-order valence-electron chi connectivity index (χ3n) is 1.95. The second kappa shape index (κ2) is 2.86. The molecule has 1 aliphatic carbocycles. The van der Waals surface area contributed by atoms with Gasteiger partial charge in [0.2, 0.25) is 0 Å². The van der Waals surface area contributed by atoms with Gasteiger partial charge in [-0.05, 0) is 12.5 Å². The monoisotopic (exact) mass is 154 g/mol. The molecule has 0 aliphatic heterocycles. The van der Waals surface area contributed by atoms with Crippen LogP contribution < -0.4 is 0 Å². The molecule has 0 heterocycles. The van der Waals surface area contributed by atoms with E-state index < -0.39 is 5.92 Å². The Morgan fingerprint density at radius 2 is 1.82 bits per heavy atom. The molecule has 1 N–H and O–H groups in total. The van der Waals surface area contributed by atoms with Crippen LogP contribution in [0.1, 0.15) is 19.8 Å². The van der Waals surface area contributed by atoms with E-state index in [-0.39, 0.29) is 24.4 Å². The maximum absolute atomic E-state index is 11.0. The smallest absolute Gasteiger partial charge is 0.147 e. The van der Waals surface area contributed by atoms with Gasteiger partial charge in [0.25, 0.3) is 0 Å². The first-order chi connectivity index (χ1) is 5.15. The summed E-state index contributed by atoms with van der Waals surface area (Å²) in [6.07, 6.45) is 1.31. The highest BCUT2D eigenvalue weighted by Gasteiger charge is 2.28. The summed E-state index contributed by atoms with van der Waals surface area (Å²) in [5.74, 6) is -0.665. The van der Waals surface area contributed by atoms with Crippen molar-refractivity contribution in [2.75, 3.05) is 0 Å². The van der Waals surface area contributed by atoms with Crippen LogP contribution in [0.25, 0.3) is 0 Å². The molecule has 1 rings (SSSR count). The van der Waals surface area contributed by atoms with E-state index in [0.29, 0.717) is 5.57 Å². The van der Waals surface area contributed by atoms with Gasteiger partial charge in [-0.2, -0.15) is 0 Å². The van der Waals surface area contributed by atoms with Crippen molar-refractivity contribution in [1.82, 2.24) is 0 Å². The van der Waals surface area contributed by atoms with Crippen LogP contribution >= 0.6 is 0 Å². The van der Waals surface area contributed by atoms with Crippen molar-refractivity contribution >= 4 is 11.6 Å². The van der Waals surface area contributed by atoms with E-state index in [4.69, 9.17) is 5.11 Å². The second-order valence-corrected chi connectivity index (χ2v) is 2.80. The Balaban J connectivity index is 2.78. The summed E-state index contributed by atoms with van der Waals surface area (Å²) in [7, 11) is 0. The lowest BCUT2D eigenvalue weighted by atomic mass is 9.85. The molecule has 60 valence electrons. The van der Waals surface area contributed by atoms with Crippen molar-refractivity contribution in [3.05, 3.63) is 11.8 Å². The number of Topliss-reactive ketones (excluding diaryl/α,β-unsaturated/α-hetero) is 2. The Kier molecular flexibility index (Phi) is 2.08. The van der Waals surface area contributed by atoms with Crippen molar-refractivity contribution in [2.24, 2.45) is 5.92 Å². The molecular weight excluding hydrogens is 144 g/mol. The molecule has 11 heavy (non-hydrogen) atoms. The molecule has 0 unspecified atom stereocenters. The summed E-state index contributed by atoms with van der Waals surface area (Å²) in [6.45, 7) is 1.61. The Labute approximate surface area is 64.7 Å². The lowest BCUT2D eigenvalue weighted by Gasteiger charge is -2.16. The summed E-state index contributed by atoms with van der Waals surface area (Å²) in [5.41, 5.74) is 0.526. The predicted molar refractivity (Wildman–Crippen MR) is 39.1 cm³/mol. The number of carbonyl (C=O) groups is 2. The minimum Gasteiger partial charge on any atom is -0.516 e. The summed E-state index contributed by atoms with van der Waals surface area (Å²) >= 11 is 0. The lowest BCUT2D eigenvalue weighted by molar-refractivity contribution is -0.133. The predicted octanol–water partition coefficient (Wildman–Crippen LogP) is 0.996. The summed E-state index contributed by atoms with van der Waals surface area (Å²) in [4.78, 5) is 22.0. The van der Waals surface area contributed by atoms with Crippen molar-refractivity contribution < 1.29 is 14.7 Å². The number of hydrogen-bond acceptors (Lipinski definition) is 3. The zero-order valence-corrected chi connectivity index (χ0v) is 6.33. The maximum Gasteiger partial charge on any atom is 0.147 e. The average Bonchev–Trinajstić information content (AvgIpc) is 1.99. The number of ketones is 2. The van der Waals surface area contributed by atoms with Gasteiger partial charge in [0, 0.05) is 12.8 Å². The molecule has 0 spiro atoms. The van der Waals surface area contributed by atoms with Crippen molar-refractivity contribution in [3.8, 4) is 0 Å². The van der Waals surface area contributed by atoms with E-state index in [1.54, 1.807) is 6.92 Å². The Bertz CT molecular complexity index is 207. The van der Waals surface area contributed by atoms with E-state index in [9.17, 15) is 9.59 Å². The fourth-order valence-corrected chi connectivity index (χ4v) is 1.09. The maximum atomic E-state index is 11.0.